The lowest BCUT2D eigenvalue weighted by Crippen LogP contribution is -2.14. The van der Waals surface area contributed by atoms with Gasteiger partial charge in [-0.3, -0.25) is 0 Å². The third kappa shape index (κ3) is 3.94. The fraction of sp³-hybridized carbons (Fsp3) is 0.0435. The Morgan fingerprint density at radius 2 is 1.96 bits per heavy atom. The molecule has 4 rings (SSSR count). The van der Waals surface area contributed by atoms with Gasteiger partial charge in [-0.15, -0.1) is 23.0 Å². The molecule has 0 aliphatic carbocycles. The number of hydrogen-bond donors (Lipinski definition) is 0. The van der Waals surface area contributed by atoms with E-state index in [0.717, 1.165) is 21.8 Å². The molecule has 0 bridgehead atoms. The number of furan rings is 1. The molecule has 2 heterocycles. The predicted octanol–water partition coefficient (Wildman–Crippen LogP) is 5.75. The molecule has 2 aromatic carbocycles. The van der Waals surface area contributed by atoms with E-state index in [2.05, 4.69) is 69.2 Å². The minimum Gasteiger partial charge on any atom is -0.465 e. The first-order valence-corrected chi connectivity index (χ1v) is 9.79. The summed E-state index contributed by atoms with van der Waals surface area (Å²) in [6.45, 7) is 4.55. The normalized spacial score (nSPS) is 12.5. The molecule has 0 N–H and O–H groups in total. The first kappa shape index (κ1) is 17.9. The highest BCUT2D eigenvalue weighted by Crippen LogP contribution is 2.25. The molecule has 4 aromatic rings. The van der Waals surface area contributed by atoms with Crippen LogP contribution in [0.3, 0.4) is 0 Å². The Bertz CT molecular complexity index is 1210. The SMILES string of the molecule is C=CCn1c(-c2ccc3ccccc3c2)cs\c1=N/N=C/C=C/c1ccco1. The second-order valence-corrected chi connectivity index (χ2v) is 6.94. The Morgan fingerprint density at radius 3 is 2.79 bits per heavy atom. The van der Waals surface area contributed by atoms with Crippen LogP contribution in [0.5, 0.6) is 0 Å². The molecule has 0 aliphatic rings. The van der Waals surface area contributed by atoms with Crippen LogP contribution in [-0.2, 0) is 6.54 Å². The second-order valence-electron chi connectivity index (χ2n) is 6.10. The Labute approximate surface area is 167 Å². The van der Waals surface area contributed by atoms with Crippen LogP contribution in [-0.4, -0.2) is 10.8 Å². The molecule has 2 aromatic heterocycles. The molecule has 0 unspecified atom stereocenters. The van der Waals surface area contributed by atoms with Gasteiger partial charge in [-0.2, -0.15) is 5.10 Å². The zero-order chi connectivity index (χ0) is 19.2. The van der Waals surface area contributed by atoms with Gasteiger partial charge in [-0.25, -0.2) is 0 Å². The van der Waals surface area contributed by atoms with Crippen molar-refractivity contribution in [2.24, 2.45) is 10.2 Å². The van der Waals surface area contributed by atoms with Gasteiger partial charge in [0.2, 0.25) is 4.80 Å². The molecule has 0 radical (unpaired) electrons. The summed E-state index contributed by atoms with van der Waals surface area (Å²) in [7, 11) is 0. The van der Waals surface area contributed by atoms with Crippen LogP contribution in [0.15, 0.2) is 99.6 Å². The molecule has 4 nitrogen and oxygen atoms in total. The minimum atomic E-state index is 0.669. The van der Waals surface area contributed by atoms with Gasteiger partial charge in [-0.1, -0.05) is 42.5 Å². The number of thiazole rings is 1. The monoisotopic (exact) mass is 385 g/mol. The molecule has 0 spiro atoms. The van der Waals surface area contributed by atoms with Crippen molar-refractivity contribution in [3.05, 3.63) is 95.5 Å². The van der Waals surface area contributed by atoms with E-state index in [0.29, 0.717) is 6.54 Å². The van der Waals surface area contributed by atoms with Crippen LogP contribution < -0.4 is 4.80 Å². The number of rotatable bonds is 6. The quantitative estimate of drug-likeness (QED) is 0.237. The summed E-state index contributed by atoms with van der Waals surface area (Å²) in [6.07, 6.45) is 8.80. The van der Waals surface area contributed by atoms with E-state index in [1.165, 1.54) is 10.8 Å². The summed E-state index contributed by atoms with van der Waals surface area (Å²) in [4.78, 5) is 0.825. The molecule has 0 aliphatic heterocycles. The van der Waals surface area contributed by atoms with Crippen LogP contribution in [0, 0.1) is 0 Å². The van der Waals surface area contributed by atoms with Crippen molar-refractivity contribution < 1.29 is 4.42 Å². The van der Waals surface area contributed by atoms with E-state index in [1.807, 2.05) is 24.3 Å². The van der Waals surface area contributed by atoms with Gasteiger partial charge in [0, 0.05) is 18.1 Å². The Morgan fingerprint density at radius 1 is 1.07 bits per heavy atom. The average Bonchev–Trinajstić information content (AvgIpc) is 3.38. The molecule has 0 saturated heterocycles. The van der Waals surface area contributed by atoms with Crippen molar-refractivity contribution in [2.45, 2.75) is 6.54 Å². The van der Waals surface area contributed by atoms with Crippen molar-refractivity contribution in [1.29, 1.82) is 0 Å². The molecular formula is C23H19N3OS. The van der Waals surface area contributed by atoms with Crippen molar-refractivity contribution in [1.82, 2.24) is 4.57 Å². The summed E-state index contributed by atoms with van der Waals surface area (Å²) < 4.78 is 7.36. The van der Waals surface area contributed by atoms with E-state index in [1.54, 1.807) is 29.9 Å². The zero-order valence-corrected chi connectivity index (χ0v) is 16.0. The highest BCUT2D eigenvalue weighted by Gasteiger charge is 2.07. The number of aromatic nitrogens is 1. The Hall–Kier alpha value is -3.44. The van der Waals surface area contributed by atoms with Crippen LogP contribution in [0.4, 0.5) is 0 Å². The topological polar surface area (TPSA) is 42.8 Å². The van der Waals surface area contributed by atoms with Crippen LogP contribution in [0.1, 0.15) is 5.76 Å². The Balaban J connectivity index is 1.65. The van der Waals surface area contributed by atoms with Gasteiger partial charge in [0.25, 0.3) is 0 Å². The van der Waals surface area contributed by atoms with Gasteiger partial charge in [0.15, 0.2) is 0 Å². The maximum atomic E-state index is 5.24. The van der Waals surface area contributed by atoms with E-state index in [4.69, 9.17) is 4.42 Å². The number of nitrogens with zero attached hydrogens (tertiary/aromatic N) is 3. The lowest BCUT2D eigenvalue weighted by molar-refractivity contribution is 0.557. The third-order valence-corrected chi connectivity index (χ3v) is 5.11. The molecular weight excluding hydrogens is 366 g/mol. The minimum absolute atomic E-state index is 0.669. The first-order valence-electron chi connectivity index (χ1n) is 8.91. The van der Waals surface area contributed by atoms with E-state index in [-0.39, 0.29) is 0 Å². The summed E-state index contributed by atoms with van der Waals surface area (Å²) in [5, 5.41) is 13.1. The first-order chi connectivity index (χ1) is 13.8. The van der Waals surface area contributed by atoms with Crippen LogP contribution in [0.2, 0.25) is 0 Å². The molecule has 28 heavy (non-hydrogen) atoms. The molecule has 0 atom stereocenters. The van der Waals surface area contributed by atoms with Gasteiger partial charge in [0.05, 0.1) is 12.0 Å². The van der Waals surface area contributed by atoms with Gasteiger partial charge in [0.1, 0.15) is 5.76 Å². The second kappa shape index (κ2) is 8.50. The van der Waals surface area contributed by atoms with Gasteiger partial charge < -0.3 is 8.98 Å². The molecule has 138 valence electrons. The summed E-state index contributed by atoms with van der Waals surface area (Å²) in [6, 6.07) is 18.6. The summed E-state index contributed by atoms with van der Waals surface area (Å²) >= 11 is 1.56. The Kier molecular flexibility index (Phi) is 5.45. The fourth-order valence-corrected chi connectivity index (χ4v) is 3.81. The maximum Gasteiger partial charge on any atom is 0.211 e. The standard InChI is InChI=1S/C23H19N3OS/c1-2-14-26-22(20-12-11-18-7-3-4-8-19(18)16-20)17-28-23(26)25-24-13-5-9-21-10-6-15-27-21/h2-13,15-17H,1,14H2/b9-5+,24-13+,25-23-. The van der Waals surface area contributed by atoms with Gasteiger partial charge in [-0.05, 0) is 46.7 Å². The van der Waals surface area contributed by atoms with E-state index >= 15 is 0 Å². The van der Waals surface area contributed by atoms with Gasteiger partial charge >= 0.3 is 0 Å². The maximum absolute atomic E-state index is 5.24. The predicted molar refractivity (Wildman–Crippen MR) is 117 cm³/mol. The third-order valence-electron chi connectivity index (χ3n) is 4.25. The summed E-state index contributed by atoms with van der Waals surface area (Å²) in [5.41, 5.74) is 2.26. The lowest BCUT2D eigenvalue weighted by Gasteiger charge is -2.07. The largest absolute Gasteiger partial charge is 0.465 e. The molecule has 0 amide bonds. The van der Waals surface area contributed by atoms with Crippen LogP contribution in [0.25, 0.3) is 28.1 Å². The van der Waals surface area contributed by atoms with Crippen molar-refractivity contribution >= 4 is 34.4 Å². The highest BCUT2D eigenvalue weighted by molar-refractivity contribution is 7.07. The molecule has 0 fully saturated rings. The average molecular weight is 385 g/mol. The fourth-order valence-electron chi connectivity index (χ4n) is 2.94. The van der Waals surface area contributed by atoms with E-state index < -0.39 is 0 Å². The highest BCUT2D eigenvalue weighted by atomic mass is 32.1. The molecule has 5 heteroatoms. The summed E-state index contributed by atoms with van der Waals surface area (Å²) in [5.74, 6) is 0.780. The number of benzene rings is 2. The number of allylic oxidation sites excluding steroid dienone is 2. The lowest BCUT2D eigenvalue weighted by atomic mass is 10.1. The van der Waals surface area contributed by atoms with Crippen LogP contribution >= 0.6 is 11.3 Å². The zero-order valence-electron chi connectivity index (χ0n) is 15.2. The number of fused-ring (bicyclic) bond motifs is 1. The molecule has 0 saturated carbocycles. The smallest absolute Gasteiger partial charge is 0.211 e. The van der Waals surface area contributed by atoms with Crippen molar-refractivity contribution in [2.75, 3.05) is 0 Å². The van der Waals surface area contributed by atoms with E-state index in [9.17, 15) is 0 Å². The van der Waals surface area contributed by atoms with Crippen molar-refractivity contribution in [3.63, 3.8) is 0 Å². The van der Waals surface area contributed by atoms with Crippen molar-refractivity contribution in [3.8, 4) is 11.3 Å². The number of hydrogen-bond acceptors (Lipinski definition) is 4.